The highest BCUT2D eigenvalue weighted by atomic mass is 35.5. The highest BCUT2D eigenvalue weighted by Crippen LogP contribution is 2.24. The molecule has 1 aromatic carbocycles. The van der Waals surface area contributed by atoms with Crippen molar-refractivity contribution in [3.63, 3.8) is 0 Å². The Hall–Kier alpha value is -1.99. The minimum absolute atomic E-state index is 0. The van der Waals surface area contributed by atoms with Crippen molar-refractivity contribution in [1.29, 1.82) is 0 Å². The molecule has 8 heteroatoms. The van der Waals surface area contributed by atoms with E-state index in [4.69, 9.17) is 10.5 Å². The Balaban J connectivity index is 0.00000264. The van der Waals surface area contributed by atoms with E-state index in [2.05, 4.69) is 15.3 Å². The fourth-order valence-corrected chi connectivity index (χ4v) is 2.65. The number of nitrogens with zero attached hydrogens (tertiary/aromatic N) is 2. The molecule has 6 nitrogen and oxygen atoms in total. The molecule has 0 aliphatic rings. The Labute approximate surface area is 145 Å². The summed E-state index contributed by atoms with van der Waals surface area (Å²) in [5.74, 6) is 0.669. The first-order valence-electron chi connectivity index (χ1n) is 6.66. The molecule has 1 amide bonds. The van der Waals surface area contributed by atoms with Crippen molar-refractivity contribution in [3.8, 4) is 5.75 Å². The van der Waals surface area contributed by atoms with Gasteiger partial charge in [0.15, 0.2) is 5.16 Å². The number of carbonyl (C=O) groups is 1. The monoisotopic (exact) mass is 354 g/mol. The van der Waals surface area contributed by atoms with Crippen LogP contribution in [0, 0.1) is 13.8 Å². The number of amides is 1. The largest absolute Gasteiger partial charge is 0.495 e. The summed E-state index contributed by atoms with van der Waals surface area (Å²) in [4.78, 5) is 20.5. The van der Waals surface area contributed by atoms with E-state index in [9.17, 15) is 4.79 Å². The first-order chi connectivity index (χ1) is 10.5. The van der Waals surface area contributed by atoms with Gasteiger partial charge in [-0.05, 0) is 38.1 Å². The van der Waals surface area contributed by atoms with Crippen LogP contribution in [0.2, 0.25) is 0 Å². The molecule has 0 bridgehead atoms. The SMILES string of the molecule is COc1ccc(NC(=O)CSc2nc(C)cc(C)n2)cc1N.Cl. The van der Waals surface area contributed by atoms with Gasteiger partial charge in [-0.25, -0.2) is 9.97 Å². The maximum atomic E-state index is 12.0. The van der Waals surface area contributed by atoms with Crippen LogP contribution in [0.3, 0.4) is 0 Å². The molecule has 0 aliphatic heterocycles. The van der Waals surface area contributed by atoms with Gasteiger partial charge in [-0.1, -0.05) is 11.8 Å². The number of nitrogen functional groups attached to an aromatic ring is 1. The van der Waals surface area contributed by atoms with Gasteiger partial charge in [0, 0.05) is 17.1 Å². The molecule has 2 rings (SSSR count). The van der Waals surface area contributed by atoms with Crippen LogP contribution in [-0.2, 0) is 4.79 Å². The van der Waals surface area contributed by atoms with Gasteiger partial charge >= 0.3 is 0 Å². The lowest BCUT2D eigenvalue weighted by atomic mass is 10.2. The van der Waals surface area contributed by atoms with Gasteiger partial charge in [0.2, 0.25) is 5.91 Å². The maximum absolute atomic E-state index is 12.0. The van der Waals surface area contributed by atoms with Crippen molar-refractivity contribution in [1.82, 2.24) is 9.97 Å². The molecule has 1 aromatic heterocycles. The van der Waals surface area contributed by atoms with Crippen molar-refractivity contribution >= 4 is 41.5 Å². The van der Waals surface area contributed by atoms with E-state index >= 15 is 0 Å². The predicted molar refractivity (Wildman–Crippen MR) is 95.5 cm³/mol. The van der Waals surface area contributed by atoms with Crippen molar-refractivity contribution in [2.24, 2.45) is 0 Å². The normalized spacial score (nSPS) is 9.87. The van der Waals surface area contributed by atoms with Crippen LogP contribution in [0.15, 0.2) is 29.4 Å². The number of aryl methyl sites for hydroxylation is 2. The summed E-state index contributed by atoms with van der Waals surface area (Å²) < 4.78 is 5.07. The van der Waals surface area contributed by atoms with Gasteiger partial charge in [0.1, 0.15) is 5.75 Å². The van der Waals surface area contributed by atoms with Crippen molar-refractivity contribution < 1.29 is 9.53 Å². The van der Waals surface area contributed by atoms with Crippen molar-refractivity contribution in [2.75, 3.05) is 23.9 Å². The minimum atomic E-state index is -0.141. The third-order valence-electron chi connectivity index (χ3n) is 2.81. The zero-order chi connectivity index (χ0) is 16.1. The molecule has 3 N–H and O–H groups in total. The lowest BCUT2D eigenvalue weighted by Gasteiger charge is -2.08. The van der Waals surface area contributed by atoms with Gasteiger partial charge in [0.05, 0.1) is 18.6 Å². The molecular formula is C15H19ClN4O2S. The van der Waals surface area contributed by atoms with Crippen LogP contribution in [0.4, 0.5) is 11.4 Å². The van der Waals surface area contributed by atoms with E-state index in [0.717, 1.165) is 11.4 Å². The number of rotatable bonds is 5. The standard InChI is InChI=1S/C15H18N4O2S.ClH/c1-9-6-10(2)18-15(17-9)22-8-14(20)19-11-4-5-13(21-3)12(16)7-11;/h4-7H,8,16H2,1-3H3,(H,19,20);1H. The van der Waals surface area contributed by atoms with Crippen LogP contribution < -0.4 is 15.8 Å². The number of carbonyl (C=O) groups excluding carboxylic acids is 1. The molecule has 0 saturated heterocycles. The summed E-state index contributed by atoms with van der Waals surface area (Å²) in [6, 6.07) is 7.01. The average molecular weight is 355 g/mol. The van der Waals surface area contributed by atoms with Crippen molar-refractivity contribution in [3.05, 3.63) is 35.7 Å². The Morgan fingerprint density at radius 2 is 1.91 bits per heavy atom. The summed E-state index contributed by atoms with van der Waals surface area (Å²) in [6.07, 6.45) is 0. The number of halogens is 1. The number of hydrogen-bond acceptors (Lipinski definition) is 6. The lowest BCUT2D eigenvalue weighted by molar-refractivity contribution is -0.113. The number of ether oxygens (including phenoxy) is 1. The van der Waals surface area contributed by atoms with Gasteiger partial charge in [-0.3, -0.25) is 4.79 Å². The molecule has 0 spiro atoms. The number of aromatic nitrogens is 2. The number of benzene rings is 1. The first kappa shape index (κ1) is 19.1. The minimum Gasteiger partial charge on any atom is -0.495 e. The number of thioether (sulfide) groups is 1. The smallest absolute Gasteiger partial charge is 0.234 e. The second kappa shape index (κ2) is 8.59. The Bertz CT molecular complexity index is 677. The van der Waals surface area contributed by atoms with E-state index in [1.54, 1.807) is 25.3 Å². The summed E-state index contributed by atoms with van der Waals surface area (Å²) in [5.41, 5.74) is 8.69. The molecule has 0 radical (unpaired) electrons. The molecule has 2 aromatic rings. The van der Waals surface area contributed by atoms with Crippen LogP contribution >= 0.6 is 24.2 Å². The molecule has 124 valence electrons. The second-order valence-electron chi connectivity index (χ2n) is 4.73. The summed E-state index contributed by atoms with van der Waals surface area (Å²) >= 11 is 1.30. The van der Waals surface area contributed by atoms with E-state index in [-0.39, 0.29) is 24.1 Å². The number of nitrogens with two attached hydrogens (primary N) is 1. The molecule has 0 fully saturated rings. The highest BCUT2D eigenvalue weighted by molar-refractivity contribution is 7.99. The summed E-state index contributed by atoms with van der Waals surface area (Å²) in [5, 5.41) is 3.38. The van der Waals surface area contributed by atoms with E-state index in [1.807, 2.05) is 19.9 Å². The summed E-state index contributed by atoms with van der Waals surface area (Å²) in [6.45, 7) is 3.80. The number of methoxy groups -OCH3 is 1. The lowest BCUT2D eigenvalue weighted by Crippen LogP contribution is -2.14. The highest BCUT2D eigenvalue weighted by Gasteiger charge is 2.08. The van der Waals surface area contributed by atoms with Crippen molar-refractivity contribution in [2.45, 2.75) is 19.0 Å². The van der Waals surface area contributed by atoms with Crippen LogP contribution in [0.25, 0.3) is 0 Å². The van der Waals surface area contributed by atoms with E-state index in [1.165, 1.54) is 11.8 Å². The Morgan fingerprint density at radius 3 is 2.48 bits per heavy atom. The van der Waals surface area contributed by atoms with Gasteiger partial charge < -0.3 is 15.8 Å². The number of anilines is 2. The molecular weight excluding hydrogens is 336 g/mol. The van der Waals surface area contributed by atoms with Crippen LogP contribution in [0.1, 0.15) is 11.4 Å². The zero-order valence-corrected chi connectivity index (χ0v) is 14.8. The Morgan fingerprint density at radius 1 is 1.26 bits per heavy atom. The van der Waals surface area contributed by atoms with Crippen LogP contribution in [-0.4, -0.2) is 28.7 Å². The maximum Gasteiger partial charge on any atom is 0.234 e. The van der Waals surface area contributed by atoms with Crippen LogP contribution in [0.5, 0.6) is 5.75 Å². The first-order valence-corrected chi connectivity index (χ1v) is 7.65. The van der Waals surface area contributed by atoms with Gasteiger partial charge in [-0.2, -0.15) is 0 Å². The molecule has 0 unspecified atom stereocenters. The Kier molecular flexibility index (Phi) is 7.12. The molecule has 0 atom stereocenters. The number of hydrogen-bond donors (Lipinski definition) is 2. The average Bonchev–Trinajstić information content (AvgIpc) is 2.44. The third kappa shape index (κ3) is 5.61. The fraction of sp³-hybridized carbons (Fsp3) is 0.267. The summed E-state index contributed by atoms with van der Waals surface area (Å²) in [7, 11) is 1.55. The molecule has 23 heavy (non-hydrogen) atoms. The van der Waals surface area contributed by atoms with E-state index < -0.39 is 0 Å². The molecule has 0 saturated carbocycles. The fourth-order valence-electron chi connectivity index (χ4n) is 1.90. The second-order valence-corrected chi connectivity index (χ2v) is 5.67. The zero-order valence-electron chi connectivity index (χ0n) is 13.1. The van der Waals surface area contributed by atoms with E-state index in [0.29, 0.717) is 22.3 Å². The molecule has 0 aliphatic carbocycles. The molecule has 1 heterocycles. The number of nitrogens with one attached hydrogen (secondary N) is 1. The van der Waals surface area contributed by atoms with Gasteiger partial charge in [-0.15, -0.1) is 12.4 Å². The predicted octanol–water partition coefficient (Wildman–Crippen LogP) is 2.84. The quantitative estimate of drug-likeness (QED) is 0.487. The van der Waals surface area contributed by atoms with Gasteiger partial charge in [0.25, 0.3) is 0 Å². The third-order valence-corrected chi connectivity index (χ3v) is 3.65. The topological polar surface area (TPSA) is 90.1 Å².